The zero-order chi connectivity index (χ0) is 21.6. The number of hydrogen-bond donors (Lipinski definition) is 1. The summed E-state index contributed by atoms with van der Waals surface area (Å²) >= 11 is 2.20. The smallest absolute Gasteiger partial charge is 0.255 e. The summed E-state index contributed by atoms with van der Waals surface area (Å²) in [6, 6.07) is 11.7. The maximum Gasteiger partial charge on any atom is 0.255 e. The van der Waals surface area contributed by atoms with Crippen molar-refractivity contribution in [3.63, 3.8) is 0 Å². The van der Waals surface area contributed by atoms with Gasteiger partial charge in [-0.15, -0.1) is 0 Å². The molecule has 30 heavy (non-hydrogen) atoms. The molecule has 0 aromatic heterocycles. The molecule has 0 unspecified atom stereocenters. The van der Waals surface area contributed by atoms with Gasteiger partial charge < -0.3 is 19.7 Å². The second kappa shape index (κ2) is 10.4. The number of ether oxygens (including phenoxy) is 2. The predicted molar refractivity (Wildman–Crippen MR) is 124 cm³/mol. The third-order valence-electron chi connectivity index (χ3n) is 5.48. The number of nitrogens with zero attached hydrogens (tertiary/aromatic N) is 1. The molecular weight excluding hydrogens is 498 g/mol. The molecule has 2 aromatic carbocycles. The molecule has 2 aromatic rings. The lowest BCUT2D eigenvalue weighted by atomic mass is 9.89. The molecule has 0 bridgehead atoms. The molecule has 1 saturated heterocycles. The van der Waals surface area contributed by atoms with E-state index in [1.807, 2.05) is 18.2 Å². The van der Waals surface area contributed by atoms with Gasteiger partial charge in [0.1, 0.15) is 17.3 Å². The van der Waals surface area contributed by atoms with Gasteiger partial charge in [0.25, 0.3) is 5.91 Å². The lowest BCUT2D eigenvalue weighted by molar-refractivity contribution is 0.0827. The Balaban J connectivity index is 1.43. The van der Waals surface area contributed by atoms with Crippen LogP contribution in [0.1, 0.15) is 36.5 Å². The summed E-state index contributed by atoms with van der Waals surface area (Å²) in [5, 5.41) is 3.22. The maximum absolute atomic E-state index is 12.9. The lowest BCUT2D eigenvalue weighted by Gasteiger charge is -2.40. The van der Waals surface area contributed by atoms with Gasteiger partial charge in [0.05, 0.1) is 19.3 Å². The number of benzene rings is 2. The van der Waals surface area contributed by atoms with Crippen molar-refractivity contribution >= 4 is 28.5 Å². The Bertz CT molecular complexity index is 852. The molecule has 1 amide bonds. The first-order valence-electron chi connectivity index (χ1n) is 10.2. The van der Waals surface area contributed by atoms with Crippen molar-refractivity contribution in [1.82, 2.24) is 10.2 Å². The number of piperidine rings is 1. The molecule has 1 fully saturated rings. The molecule has 1 heterocycles. The van der Waals surface area contributed by atoms with Gasteiger partial charge in [0.15, 0.2) is 0 Å². The monoisotopic (exact) mass is 526 g/mol. The molecule has 1 N–H and O–H groups in total. The Labute approximate surface area is 191 Å². The van der Waals surface area contributed by atoms with Gasteiger partial charge in [-0.25, -0.2) is 4.39 Å². The van der Waals surface area contributed by atoms with E-state index in [9.17, 15) is 9.18 Å². The maximum atomic E-state index is 12.9. The van der Waals surface area contributed by atoms with Crippen LogP contribution in [0, 0.1) is 9.39 Å². The van der Waals surface area contributed by atoms with Crippen LogP contribution >= 0.6 is 22.6 Å². The van der Waals surface area contributed by atoms with Gasteiger partial charge in [-0.1, -0.05) is 0 Å². The Morgan fingerprint density at radius 2 is 1.90 bits per heavy atom. The first kappa shape index (κ1) is 22.8. The molecule has 3 rings (SSSR count). The molecule has 0 atom stereocenters. The highest BCUT2D eigenvalue weighted by molar-refractivity contribution is 14.1. The fraction of sp³-hybridized carbons (Fsp3) is 0.435. The van der Waals surface area contributed by atoms with Gasteiger partial charge in [-0.2, -0.15) is 0 Å². The van der Waals surface area contributed by atoms with E-state index in [-0.39, 0.29) is 17.3 Å². The van der Waals surface area contributed by atoms with E-state index in [1.54, 1.807) is 19.2 Å². The standard InChI is InChI=1S/C23H28FIN2O3/c1-23(26-22(28)20-16-18(25)6-9-21(20)29-2)10-13-27(14-11-23)12-3-15-30-19-7-4-17(24)5-8-19/h4-9,16H,3,10-15H2,1-2H3,(H,26,28). The van der Waals surface area contributed by atoms with Gasteiger partial charge >= 0.3 is 0 Å². The number of rotatable bonds is 8. The Morgan fingerprint density at radius 1 is 1.20 bits per heavy atom. The van der Waals surface area contributed by atoms with Crippen LogP contribution in [-0.2, 0) is 0 Å². The van der Waals surface area contributed by atoms with E-state index in [0.29, 0.717) is 23.7 Å². The van der Waals surface area contributed by atoms with Crippen LogP contribution in [0.4, 0.5) is 4.39 Å². The molecule has 7 heteroatoms. The van der Waals surface area contributed by atoms with E-state index >= 15 is 0 Å². The summed E-state index contributed by atoms with van der Waals surface area (Å²) in [5.74, 6) is 0.937. The molecule has 1 aliphatic rings. The van der Waals surface area contributed by atoms with E-state index in [0.717, 1.165) is 42.5 Å². The van der Waals surface area contributed by atoms with Crippen LogP contribution in [-0.4, -0.2) is 49.7 Å². The molecule has 5 nitrogen and oxygen atoms in total. The average Bonchev–Trinajstić information content (AvgIpc) is 2.73. The minimum Gasteiger partial charge on any atom is -0.496 e. The first-order valence-corrected chi connectivity index (χ1v) is 11.2. The number of hydrogen-bond acceptors (Lipinski definition) is 4. The summed E-state index contributed by atoms with van der Waals surface area (Å²) in [7, 11) is 1.58. The SMILES string of the molecule is COc1ccc(I)cc1C(=O)NC1(C)CCN(CCCOc2ccc(F)cc2)CC1. The largest absolute Gasteiger partial charge is 0.496 e. The number of nitrogens with one attached hydrogen (secondary N) is 1. The van der Waals surface area contributed by atoms with Crippen molar-refractivity contribution in [2.24, 2.45) is 0 Å². The number of halogens is 2. The molecule has 0 saturated carbocycles. The lowest BCUT2D eigenvalue weighted by Crippen LogP contribution is -2.53. The van der Waals surface area contributed by atoms with Crippen LogP contribution in [0.2, 0.25) is 0 Å². The van der Waals surface area contributed by atoms with E-state index in [1.165, 1.54) is 12.1 Å². The van der Waals surface area contributed by atoms with Gasteiger partial charge in [0, 0.05) is 28.7 Å². The van der Waals surface area contributed by atoms with Crippen LogP contribution in [0.15, 0.2) is 42.5 Å². The van der Waals surface area contributed by atoms with Crippen LogP contribution in [0.5, 0.6) is 11.5 Å². The van der Waals surface area contributed by atoms with E-state index in [2.05, 4.69) is 39.7 Å². The zero-order valence-corrected chi connectivity index (χ0v) is 19.6. The quantitative estimate of drug-likeness (QED) is 0.407. The van der Waals surface area contributed by atoms with Crippen molar-refractivity contribution in [2.75, 3.05) is 33.4 Å². The minimum absolute atomic E-state index is 0.0889. The Morgan fingerprint density at radius 3 is 2.57 bits per heavy atom. The minimum atomic E-state index is -0.258. The third kappa shape index (κ3) is 6.31. The second-order valence-electron chi connectivity index (χ2n) is 7.86. The first-order chi connectivity index (χ1) is 14.4. The number of carbonyl (C=O) groups is 1. The van der Waals surface area contributed by atoms with Crippen molar-refractivity contribution < 1.29 is 18.7 Å². The highest BCUT2D eigenvalue weighted by atomic mass is 127. The van der Waals surface area contributed by atoms with Gasteiger partial charge in [-0.05, 0) is 91.2 Å². The van der Waals surface area contributed by atoms with Crippen molar-refractivity contribution in [3.8, 4) is 11.5 Å². The molecule has 0 radical (unpaired) electrons. The zero-order valence-electron chi connectivity index (χ0n) is 17.4. The van der Waals surface area contributed by atoms with E-state index < -0.39 is 0 Å². The van der Waals surface area contributed by atoms with Gasteiger partial charge in [-0.3, -0.25) is 4.79 Å². The highest BCUT2D eigenvalue weighted by Crippen LogP contribution is 2.25. The van der Waals surface area contributed by atoms with Crippen LogP contribution in [0.25, 0.3) is 0 Å². The fourth-order valence-corrected chi connectivity index (χ4v) is 4.09. The Kier molecular flexibility index (Phi) is 7.93. The molecular formula is C23H28FIN2O3. The number of carbonyl (C=O) groups excluding carboxylic acids is 1. The second-order valence-corrected chi connectivity index (χ2v) is 9.10. The average molecular weight is 526 g/mol. The van der Waals surface area contributed by atoms with Crippen molar-refractivity contribution in [2.45, 2.75) is 31.7 Å². The summed E-state index contributed by atoms with van der Waals surface area (Å²) in [5.41, 5.74) is 0.343. The van der Waals surface area contributed by atoms with Crippen LogP contribution < -0.4 is 14.8 Å². The predicted octanol–water partition coefficient (Wildman–Crippen LogP) is 4.49. The molecule has 0 aliphatic carbocycles. The normalized spacial score (nSPS) is 16.1. The molecule has 162 valence electrons. The molecule has 1 aliphatic heterocycles. The van der Waals surface area contributed by atoms with Gasteiger partial charge in [0.2, 0.25) is 0 Å². The van der Waals surface area contributed by atoms with Crippen molar-refractivity contribution in [1.29, 1.82) is 0 Å². The summed E-state index contributed by atoms with van der Waals surface area (Å²) in [4.78, 5) is 15.2. The summed E-state index contributed by atoms with van der Waals surface area (Å²) in [6.07, 6.45) is 2.69. The van der Waals surface area contributed by atoms with Crippen molar-refractivity contribution in [3.05, 3.63) is 57.4 Å². The fourth-order valence-electron chi connectivity index (χ4n) is 3.60. The number of amides is 1. The topological polar surface area (TPSA) is 50.8 Å². The van der Waals surface area contributed by atoms with Crippen LogP contribution in [0.3, 0.4) is 0 Å². The molecule has 0 spiro atoms. The Hall–Kier alpha value is -1.87. The summed E-state index contributed by atoms with van der Waals surface area (Å²) in [6.45, 7) is 5.51. The number of methoxy groups -OCH3 is 1. The summed E-state index contributed by atoms with van der Waals surface area (Å²) < 4.78 is 24.9. The highest BCUT2D eigenvalue weighted by Gasteiger charge is 2.32. The number of likely N-dealkylation sites (tertiary alicyclic amines) is 1. The third-order valence-corrected chi connectivity index (χ3v) is 6.15. The van der Waals surface area contributed by atoms with E-state index in [4.69, 9.17) is 9.47 Å².